The van der Waals surface area contributed by atoms with Gasteiger partial charge in [0.15, 0.2) is 0 Å². The molecule has 2 atom stereocenters. The monoisotopic (exact) mass is 209 g/mol. The largest absolute Gasteiger partial charge is 0.381 e. The molecule has 0 aromatic rings. The number of carbonyl (C=O) groups is 1. The molecule has 0 aromatic heterocycles. The Balaban J connectivity index is 1.99. The Bertz CT molecular complexity index is 246. The molecule has 2 aliphatic rings. The molecular weight excluding hydrogens is 190 g/mol. The van der Waals surface area contributed by atoms with Crippen molar-refractivity contribution >= 4 is 5.91 Å². The molecule has 0 radical (unpaired) electrons. The zero-order valence-electron chi connectivity index (χ0n) is 9.15. The highest BCUT2D eigenvalue weighted by Crippen LogP contribution is 2.29. The van der Waals surface area contributed by atoms with E-state index in [0.29, 0.717) is 12.0 Å². The summed E-state index contributed by atoms with van der Waals surface area (Å²) in [4.78, 5) is 13.6. The molecule has 1 amide bonds. The lowest BCUT2D eigenvalue weighted by molar-refractivity contribution is -0.128. The highest BCUT2D eigenvalue weighted by atomic mass is 16.5. The van der Waals surface area contributed by atoms with Crippen LogP contribution in [0.2, 0.25) is 0 Å². The van der Waals surface area contributed by atoms with Gasteiger partial charge in [-0.1, -0.05) is 6.58 Å². The summed E-state index contributed by atoms with van der Waals surface area (Å²) in [7, 11) is 0. The van der Waals surface area contributed by atoms with Crippen LogP contribution in [0.1, 0.15) is 25.7 Å². The Morgan fingerprint density at radius 1 is 1.40 bits per heavy atom. The summed E-state index contributed by atoms with van der Waals surface area (Å²) in [5.41, 5.74) is 0. The molecule has 3 heteroatoms. The molecule has 3 nitrogen and oxygen atoms in total. The number of hydrogen-bond acceptors (Lipinski definition) is 2. The molecule has 2 unspecified atom stereocenters. The van der Waals surface area contributed by atoms with Gasteiger partial charge in [0, 0.05) is 25.1 Å². The molecule has 2 aliphatic heterocycles. The van der Waals surface area contributed by atoms with Gasteiger partial charge in [0.05, 0.1) is 6.61 Å². The lowest BCUT2D eigenvalue weighted by atomic mass is 9.92. The highest BCUT2D eigenvalue weighted by Gasteiger charge is 2.34. The van der Waals surface area contributed by atoms with Crippen LogP contribution in [0, 0.1) is 5.92 Å². The minimum atomic E-state index is 0.0862. The number of ether oxygens (including phenoxy) is 1. The fraction of sp³-hybridized carbons (Fsp3) is 0.750. The van der Waals surface area contributed by atoms with Gasteiger partial charge in [-0.2, -0.15) is 0 Å². The predicted molar refractivity (Wildman–Crippen MR) is 58.5 cm³/mol. The van der Waals surface area contributed by atoms with Crippen molar-refractivity contribution < 1.29 is 9.53 Å². The molecule has 0 spiro atoms. The fourth-order valence-corrected chi connectivity index (χ4v) is 2.74. The summed E-state index contributed by atoms with van der Waals surface area (Å²) in [6.07, 6.45) is 6.03. The first-order valence-corrected chi connectivity index (χ1v) is 5.83. The van der Waals surface area contributed by atoms with Crippen LogP contribution < -0.4 is 0 Å². The van der Waals surface area contributed by atoms with E-state index in [4.69, 9.17) is 4.74 Å². The minimum Gasteiger partial charge on any atom is -0.381 e. The van der Waals surface area contributed by atoms with Gasteiger partial charge in [0.2, 0.25) is 5.91 Å². The summed E-state index contributed by atoms with van der Waals surface area (Å²) in [6.45, 7) is 6.17. The Morgan fingerprint density at radius 2 is 2.27 bits per heavy atom. The second kappa shape index (κ2) is 4.79. The van der Waals surface area contributed by atoms with Gasteiger partial charge in [-0.3, -0.25) is 4.79 Å². The molecule has 0 saturated carbocycles. The van der Waals surface area contributed by atoms with Gasteiger partial charge in [0.25, 0.3) is 0 Å². The van der Waals surface area contributed by atoms with E-state index >= 15 is 0 Å². The maximum atomic E-state index is 11.6. The van der Waals surface area contributed by atoms with E-state index in [1.807, 2.05) is 4.90 Å². The normalized spacial score (nSPS) is 31.6. The average molecular weight is 209 g/mol. The van der Waals surface area contributed by atoms with Crippen LogP contribution in [0.15, 0.2) is 12.7 Å². The van der Waals surface area contributed by atoms with Crippen LogP contribution in [0.4, 0.5) is 0 Å². The van der Waals surface area contributed by atoms with Crippen LogP contribution in [0.3, 0.4) is 0 Å². The molecular formula is C12H19NO2. The van der Waals surface area contributed by atoms with Crippen molar-refractivity contribution in [3.8, 4) is 0 Å². The average Bonchev–Trinajstić information content (AvgIpc) is 2.78. The van der Waals surface area contributed by atoms with E-state index in [2.05, 4.69) is 6.58 Å². The van der Waals surface area contributed by atoms with Gasteiger partial charge in [-0.05, 0) is 31.8 Å². The molecule has 2 heterocycles. The van der Waals surface area contributed by atoms with Gasteiger partial charge in [-0.15, -0.1) is 0 Å². The van der Waals surface area contributed by atoms with E-state index < -0.39 is 0 Å². The second-order valence-electron chi connectivity index (χ2n) is 4.42. The zero-order valence-corrected chi connectivity index (χ0v) is 9.15. The van der Waals surface area contributed by atoms with Crippen molar-refractivity contribution in [3.05, 3.63) is 12.7 Å². The minimum absolute atomic E-state index is 0.0862. The third-order valence-corrected chi connectivity index (χ3v) is 3.50. The Hall–Kier alpha value is -0.830. The SMILES string of the molecule is C=CC(=O)N1CCCC1C1CCCOC1. The molecule has 0 aliphatic carbocycles. The lowest BCUT2D eigenvalue weighted by Gasteiger charge is -2.33. The van der Waals surface area contributed by atoms with Gasteiger partial charge in [0.1, 0.15) is 0 Å². The van der Waals surface area contributed by atoms with Gasteiger partial charge in [-0.25, -0.2) is 0 Å². The summed E-state index contributed by atoms with van der Waals surface area (Å²) >= 11 is 0. The van der Waals surface area contributed by atoms with Crippen molar-refractivity contribution in [3.63, 3.8) is 0 Å². The van der Waals surface area contributed by atoms with Crippen molar-refractivity contribution in [2.75, 3.05) is 19.8 Å². The fourth-order valence-electron chi connectivity index (χ4n) is 2.74. The van der Waals surface area contributed by atoms with E-state index in [9.17, 15) is 4.79 Å². The first-order valence-electron chi connectivity index (χ1n) is 5.83. The third kappa shape index (κ3) is 2.23. The van der Waals surface area contributed by atoms with Crippen molar-refractivity contribution in [1.29, 1.82) is 0 Å². The first-order chi connectivity index (χ1) is 7.33. The first kappa shape index (κ1) is 10.7. The number of amides is 1. The zero-order chi connectivity index (χ0) is 10.7. The quantitative estimate of drug-likeness (QED) is 0.646. The number of likely N-dealkylation sites (tertiary alicyclic amines) is 1. The number of nitrogens with zero attached hydrogens (tertiary/aromatic N) is 1. The number of rotatable bonds is 2. The lowest BCUT2D eigenvalue weighted by Crippen LogP contribution is -2.42. The summed E-state index contributed by atoms with van der Waals surface area (Å²) in [5, 5.41) is 0. The van der Waals surface area contributed by atoms with Crippen molar-refractivity contribution in [2.24, 2.45) is 5.92 Å². The van der Waals surface area contributed by atoms with Gasteiger partial charge >= 0.3 is 0 Å². The molecule has 2 saturated heterocycles. The highest BCUT2D eigenvalue weighted by molar-refractivity contribution is 5.87. The number of carbonyl (C=O) groups excluding carboxylic acids is 1. The van der Waals surface area contributed by atoms with Crippen LogP contribution in [-0.2, 0) is 9.53 Å². The van der Waals surface area contributed by atoms with E-state index in [1.165, 1.54) is 12.5 Å². The van der Waals surface area contributed by atoms with Crippen LogP contribution in [0.25, 0.3) is 0 Å². The maximum Gasteiger partial charge on any atom is 0.246 e. The predicted octanol–water partition coefficient (Wildman–Crippen LogP) is 1.59. The molecule has 0 bridgehead atoms. The summed E-state index contributed by atoms with van der Waals surface area (Å²) < 4.78 is 5.49. The van der Waals surface area contributed by atoms with E-state index in [-0.39, 0.29) is 5.91 Å². The third-order valence-electron chi connectivity index (χ3n) is 3.50. The Kier molecular flexibility index (Phi) is 3.41. The Morgan fingerprint density at radius 3 is 2.93 bits per heavy atom. The van der Waals surface area contributed by atoms with Crippen LogP contribution in [-0.4, -0.2) is 36.6 Å². The van der Waals surface area contributed by atoms with Crippen molar-refractivity contribution in [2.45, 2.75) is 31.7 Å². The standard InChI is InChI=1S/C12H19NO2/c1-2-12(14)13-7-3-6-11(13)10-5-4-8-15-9-10/h2,10-11H,1,3-9H2. The topological polar surface area (TPSA) is 29.5 Å². The van der Waals surface area contributed by atoms with Gasteiger partial charge < -0.3 is 9.64 Å². The van der Waals surface area contributed by atoms with Crippen molar-refractivity contribution in [1.82, 2.24) is 4.90 Å². The van der Waals surface area contributed by atoms with E-state index in [1.54, 1.807) is 0 Å². The van der Waals surface area contributed by atoms with Crippen LogP contribution >= 0.6 is 0 Å². The molecule has 2 fully saturated rings. The molecule has 15 heavy (non-hydrogen) atoms. The summed E-state index contributed by atoms with van der Waals surface area (Å²) in [6, 6.07) is 0.399. The van der Waals surface area contributed by atoms with Crippen LogP contribution in [0.5, 0.6) is 0 Å². The molecule has 2 rings (SSSR count). The smallest absolute Gasteiger partial charge is 0.246 e. The second-order valence-corrected chi connectivity index (χ2v) is 4.42. The molecule has 0 N–H and O–H groups in total. The maximum absolute atomic E-state index is 11.6. The van der Waals surface area contributed by atoms with E-state index in [0.717, 1.165) is 39.0 Å². The Labute approximate surface area is 91.1 Å². The molecule has 84 valence electrons. The summed E-state index contributed by atoms with van der Waals surface area (Å²) in [5.74, 6) is 0.633. The number of hydrogen-bond donors (Lipinski definition) is 0. The molecule has 0 aromatic carbocycles.